The fourth-order valence-corrected chi connectivity index (χ4v) is 2.97. The van der Waals surface area contributed by atoms with Crippen LogP contribution >= 0.6 is 11.3 Å². The average molecular weight is 211 g/mol. The number of nitrogens with two attached hydrogens (primary N) is 1. The maximum absolute atomic E-state index is 5.69. The fraction of sp³-hybridized carbons (Fsp3) is 0.700. The molecule has 0 bridgehead atoms. The number of nitrogens with one attached hydrogen (secondary N) is 1. The Morgan fingerprint density at radius 3 is 3.07 bits per heavy atom. The van der Waals surface area contributed by atoms with Crippen LogP contribution in [0.1, 0.15) is 30.8 Å². The first-order valence-corrected chi connectivity index (χ1v) is 5.97. The molecule has 0 aromatic carbocycles. The van der Waals surface area contributed by atoms with Gasteiger partial charge in [-0.05, 0) is 19.3 Å². The van der Waals surface area contributed by atoms with Crippen molar-refractivity contribution in [2.75, 3.05) is 5.73 Å². The Kier molecular flexibility index (Phi) is 2.74. The first-order chi connectivity index (χ1) is 6.65. The maximum atomic E-state index is 5.69. The molecule has 4 heteroatoms. The van der Waals surface area contributed by atoms with Crippen molar-refractivity contribution in [3.63, 3.8) is 0 Å². The number of rotatable bonds is 2. The van der Waals surface area contributed by atoms with E-state index in [0.29, 0.717) is 12.1 Å². The van der Waals surface area contributed by atoms with Crippen LogP contribution in [-0.2, 0) is 12.8 Å². The largest absolute Gasteiger partial charge is 0.375 e. The molecule has 0 saturated heterocycles. The third-order valence-corrected chi connectivity index (χ3v) is 3.47. The van der Waals surface area contributed by atoms with Crippen LogP contribution < -0.4 is 11.1 Å². The fourth-order valence-electron chi connectivity index (χ4n) is 2.01. The minimum atomic E-state index is 0.562. The molecule has 0 radical (unpaired) electrons. The number of nitrogens with zero attached hydrogens (tertiary/aromatic N) is 1. The van der Waals surface area contributed by atoms with Crippen LogP contribution in [0.4, 0.5) is 5.13 Å². The molecule has 0 saturated carbocycles. The summed E-state index contributed by atoms with van der Waals surface area (Å²) in [5.41, 5.74) is 6.92. The number of aromatic nitrogens is 1. The molecule has 0 fully saturated rings. The van der Waals surface area contributed by atoms with Gasteiger partial charge in [-0.2, -0.15) is 0 Å². The van der Waals surface area contributed by atoms with Gasteiger partial charge in [0.1, 0.15) is 0 Å². The summed E-state index contributed by atoms with van der Waals surface area (Å²) >= 11 is 1.65. The van der Waals surface area contributed by atoms with Gasteiger partial charge in [-0.3, -0.25) is 0 Å². The molecule has 0 spiro atoms. The molecule has 2 rings (SSSR count). The van der Waals surface area contributed by atoms with Gasteiger partial charge in [0, 0.05) is 17.0 Å². The predicted molar refractivity (Wildman–Crippen MR) is 60.6 cm³/mol. The van der Waals surface area contributed by atoms with Crippen LogP contribution in [-0.4, -0.2) is 17.1 Å². The van der Waals surface area contributed by atoms with E-state index in [1.165, 1.54) is 17.0 Å². The number of fused-ring (bicyclic) bond motifs is 1. The summed E-state index contributed by atoms with van der Waals surface area (Å²) in [6, 6.07) is 1.18. The first kappa shape index (κ1) is 9.93. The average Bonchev–Trinajstić information content (AvgIpc) is 2.42. The van der Waals surface area contributed by atoms with Crippen LogP contribution in [0.5, 0.6) is 0 Å². The molecule has 1 heterocycles. The number of anilines is 1. The van der Waals surface area contributed by atoms with Crippen LogP contribution in [0.2, 0.25) is 0 Å². The molecule has 1 aromatic rings. The zero-order valence-corrected chi connectivity index (χ0v) is 9.53. The normalized spacial score (nSPS) is 21.2. The number of aryl methyl sites for hydroxylation is 1. The molecule has 1 aromatic heterocycles. The Labute approximate surface area is 88.7 Å². The maximum Gasteiger partial charge on any atom is 0.180 e. The van der Waals surface area contributed by atoms with Crippen LogP contribution in [0, 0.1) is 0 Å². The number of nitrogen functional groups attached to an aromatic ring is 1. The molecule has 3 N–H and O–H groups in total. The van der Waals surface area contributed by atoms with E-state index < -0.39 is 0 Å². The third kappa shape index (κ3) is 2.07. The van der Waals surface area contributed by atoms with Gasteiger partial charge >= 0.3 is 0 Å². The zero-order valence-electron chi connectivity index (χ0n) is 8.71. The molecule has 1 aliphatic rings. The van der Waals surface area contributed by atoms with E-state index in [9.17, 15) is 0 Å². The second kappa shape index (κ2) is 3.87. The molecule has 14 heavy (non-hydrogen) atoms. The number of hydrogen-bond donors (Lipinski definition) is 2. The lowest BCUT2D eigenvalue weighted by Gasteiger charge is -2.24. The van der Waals surface area contributed by atoms with E-state index in [-0.39, 0.29) is 0 Å². The molecule has 1 atom stereocenters. The highest BCUT2D eigenvalue weighted by molar-refractivity contribution is 7.15. The van der Waals surface area contributed by atoms with Crippen LogP contribution in [0.3, 0.4) is 0 Å². The van der Waals surface area contributed by atoms with Crippen molar-refractivity contribution in [2.45, 2.75) is 45.2 Å². The summed E-state index contributed by atoms with van der Waals surface area (Å²) in [6.45, 7) is 4.38. The Morgan fingerprint density at radius 2 is 2.36 bits per heavy atom. The van der Waals surface area contributed by atoms with Gasteiger partial charge in [-0.25, -0.2) is 4.98 Å². The van der Waals surface area contributed by atoms with E-state index in [4.69, 9.17) is 5.73 Å². The Hall–Kier alpha value is -0.610. The second-order valence-corrected chi connectivity index (χ2v) is 5.30. The van der Waals surface area contributed by atoms with Gasteiger partial charge in [-0.15, -0.1) is 11.3 Å². The van der Waals surface area contributed by atoms with Crippen molar-refractivity contribution < 1.29 is 0 Å². The summed E-state index contributed by atoms with van der Waals surface area (Å²) in [4.78, 5) is 5.71. The van der Waals surface area contributed by atoms with E-state index in [1.54, 1.807) is 11.3 Å². The lowest BCUT2D eigenvalue weighted by molar-refractivity contribution is 0.422. The summed E-state index contributed by atoms with van der Waals surface area (Å²) in [7, 11) is 0. The summed E-state index contributed by atoms with van der Waals surface area (Å²) in [5, 5.41) is 4.29. The van der Waals surface area contributed by atoms with Gasteiger partial charge in [0.15, 0.2) is 5.13 Å². The highest BCUT2D eigenvalue weighted by Crippen LogP contribution is 2.28. The highest BCUT2D eigenvalue weighted by Gasteiger charge is 2.21. The number of hydrogen-bond acceptors (Lipinski definition) is 4. The Morgan fingerprint density at radius 1 is 1.57 bits per heavy atom. The summed E-state index contributed by atoms with van der Waals surface area (Å²) < 4.78 is 0. The lowest BCUT2D eigenvalue weighted by atomic mass is 9.97. The van der Waals surface area contributed by atoms with Gasteiger partial charge in [0.25, 0.3) is 0 Å². The van der Waals surface area contributed by atoms with Crippen molar-refractivity contribution in [2.24, 2.45) is 0 Å². The minimum Gasteiger partial charge on any atom is -0.375 e. The van der Waals surface area contributed by atoms with Gasteiger partial charge in [0.2, 0.25) is 0 Å². The topological polar surface area (TPSA) is 50.9 Å². The molecular formula is C10H17N3S. The molecule has 1 aliphatic carbocycles. The quantitative estimate of drug-likeness (QED) is 0.781. The molecule has 1 unspecified atom stereocenters. The van der Waals surface area contributed by atoms with Crippen LogP contribution in [0.15, 0.2) is 0 Å². The summed E-state index contributed by atoms with van der Waals surface area (Å²) in [5.74, 6) is 0. The van der Waals surface area contributed by atoms with E-state index >= 15 is 0 Å². The number of thiazole rings is 1. The SMILES string of the molecule is CC(C)NC1CCc2nc(N)sc2C1. The molecule has 0 aliphatic heterocycles. The van der Waals surface area contributed by atoms with Crippen LogP contribution in [0.25, 0.3) is 0 Å². The molecular weight excluding hydrogens is 194 g/mol. The van der Waals surface area contributed by atoms with Crippen molar-refractivity contribution >= 4 is 16.5 Å². The molecule has 0 amide bonds. The molecule has 78 valence electrons. The standard InChI is InChI=1S/C10H17N3S/c1-6(2)12-7-3-4-8-9(5-7)14-10(11)13-8/h6-7,12H,3-5H2,1-2H3,(H2,11,13). The first-order valence-electron chi connectivity index (χ1n) is 5.15. The monoisotopic (exact) mass is 211 g/mol. The summed E-state index contributed by atoms with van der Waals surface area (Å²) in [6.07, 6.45) is 3.37. The Bertz CT molecular complexity index is 319. The Balaban J connectivity index is 2.05. The van der Waals surface area contributed by atoms with E-state index in [1.807, 2.05) is 0 Å². The third-order valence-electron chi connectivity index (χ3n) is 2.53. The highest BCUT2D eigenvalue weighted by atomic mass is 32.1. The van der Waals surface area contributed by atoms with Gasteiger partial charge in [0.05, 0.1) is 5.69 Å². The minimum absolute atomic E-state index is 0.562. The van der Waals surface area contributed by atoms with E-state index in [0.717, 1.165) is 18.0 Å². The van der Waals surface area contributed by atoms with Gasteiger partial charge in [-0.1, -0.05) is 13.8 Å². The van der Waals surface area contributed by atoms with Crippen molar-refractivity contribution in [1.82, 2.24) is 10.3 Å². The van der Waals surface area contributed by atoms with Crippen molar-refractivity contribution in [3.05, 3.63) is 10.6 Å². The van der Waals surface area contributed by atoms with Crippen molar-refractivity contribution in [1.29, 1.82) is 0 Å². The van der Waals surface area contributed by atoms with Crippen molar-refractivity contribution in [3.8, 4) is 0 Å². The van der Waals surface area contributed by atoms with Gasteiger partial charge < -0.3 is 11.1 Å². The lowest BCUT2D eigenvalue weighted by Crippen LogP contribution is -2.38. The van der Waals surface area contributed by atoms with E-state index in [2.05, 4.69) is 24.1 Å². The predicted octanol–water partition coefficient (Wildman–Crippen LogP) is 1.58. The zero-order chi connectivity index (χ0) is 10.1. The smallest absolute Gasteiger partial charge is 0.180 e. The second-order valence-electron chi connectivity index (χ2n) is 4.18. The molecule has 3 nitrogen and oxygen atoms in total.